The molecule has 2 rings (SSSR count). The van der Waals surface area contributed by atoms with E-state index in [2.05, 4.69) is 21.2 Å². The van der Waals surface area contributed by atoms with Crippen LogP contribution in [-0.4, -0.2) is 15.4 Å². The molecule has 8 heteroatoms. The summed E-state index contributed by atoms with van der Waals surface area (Å²) in [6.07, 6.45) is 1.46. The van der Waals surface area contributed by atoms with Crippen LogP contribution in [0, 0.1) is 10.1 Å². The van der Waals surface area contributed by atoms with Gasteiger partial charge in [0.15, 0.2) is 0 Å². The summed E-state index contributed by atoms with van der Waals surface area (Å²) in [4.78, 5) is 33.7. The fraction of sp³-hybridized carbons (Fsp3) is 0.0769. The number of halogens is 1. The van der Waals surface area contributed by atoms with Crippen LogP contribution < -0.4 is 10.9 Å². The third-order valence-corrected chi connectivity index (χ3v) is 3.60. The Kier molecular flexibility index (Phi) is 4.18. The number of hydrogen-bond acceptors (Lipinski definition) is 4. The van der Waals surface area contributed by atoms with E-state index >= 15 is 0 Å². The average Bonchev–Trinajstić information content (AvgIpc) is 2.42. The molecule has 0 unspecified atom stereocenters. The zero-order valence-electron chi connectivity index (χ0n) is 10.9. The lowest BCUT2D eigenvalue weighted by Gasteiger charge is -2.08. The Morgan fingerprint density at radius 1 is 1.33 bits per heavy atom. The Hall–Kier alpha value is -2.48. The number of anilines is 1. The second-order valence-electron chi connectivity index (χ2n) is 4.22. The second-order valence-corrected chi connectivity index (χ2v) is 5.01. The van der Waals surface area contributed by atoms with E-state index in [0.29, 0.717) is 5.69 Å². The van der Waals surface area contributed by atoms with E-state index in [-0.39, 0.29) is 21.3 Å². The molecule has 2 aromatic rings. The molecule has 1 N–H and O–H groups in total. The van der Waals surface area contributed by atoms with Gasteiger partial charge in [0.25, 0.3) is 11.6 Å². The summed E-state index contributed by atoms with van der Waals surface area (Å²) in [6.45, 7) is 0. The summed E-state index contributed by atoms with van der Waals surface area (Å²) < 4.78 is 1.43. The lowest BCUT2D eigenvalue weighted by molar-refractivity contribution is -0.385. The van der Waals surface area contributed by atoms with Gasteiger partial charge in [-0.05, 0) is 28.1 Å². The van der Waals surface area contributed by atoms with Crippen LogP contribution >= 0.6 is 15.9 Å². The normalized spacial score (nSPS) is 10.2. The minimum atomic E-state index is -0.576. The van der Waals surface area contributed by atoms with E-state index in [1.807, 2.05) is 0 Å². The summed E-state index contributed by atoms with van der Waals surface area (Å²) in [5.74, 6) is -0.510. The lowest BCUT2D eigenvalue weighted by atomic mass is 10.2. The van der Waals surface area contributed by atoms with Crippen molar-refractivity contribution in [2.45, 2.75) is 0 Å². The summed E-state index contributed by atoms with van der Waals surface area (Å²) in [6, 6.07) is 6.98. The van der Waals surface area contributed by atoms with Crippen molar-refractivity contribution in [2.75, 3.05) is 5.32 Å². The fourth-order valence-corrected chi connectivity index (χ4v) is 2.29. The Morgan fingerprint density at radius 3 is 2.67 bits per heavy atom. The topological polar surface area (TPSA) is 94.2 Å². The zero-order chi connectivity index (χ0) is 15.6. The molecule has 0 saturated carbocycles. The molecule has 0 aliphatic heterocycles. The molecular formula is C13H10BrN3O4. The minimum Gasteiger partial charge on any atom is -0.321 e. The number of carbonyl (C=O) groups excluding carboxylic acids is 1. The number of aryl methyl sites for hydroxylation is 1. The summed E-state index contributed by atoms with van der Waals surface area (Å²) in [5, 5.41) is 13.4. The maximum Gasteiger partial charge on any atom is 0.284 e. The Labute approximate surface area is 127 Å². The van der Waals surface area contributed by atoms with Crippen LogP contribution in [0.5, 0.6) is 0 Å². The monoisotopic (exact) mass is 351 g/mol. The van der Waals surface area contributed by atoms with Gasteiger partial charge in [-0.25, -0.2) is 0 Å². The first-order valence-electron chi connectivity index (χ1n) is 5.81. The van der Waals surface area contributed by atoms with Gasteiger partial charge in [0, 0.05) is 25.4 Å². The van der Waals surface area contributed by atoms with Gasteiger partial charge in [-0.1, -0.05) is 6.07 Å². The third kappa shape index (κ3) is 3.16. The maximum atomic E-state index is 12.2. The van der Waals surface area contributed by atoms with E-state index in [9.17, 15) is 19.7 Å². The largest absolute Gasteiger partial charge is 0.321 e. The summed E-state index contributed by atoms with van der Waals surface area (Å²) in [5.41, 5.74) is 0.159. The molecule has 0 aliphatic carbocycles. The van der Waals surface area contributed by atoms with Crippen molar-refractivity contribution in [2.24, 2.45) is 7.05 Å². The van der Waals surface area contributed by atoms with E-state index in [1.54, 1.807) is 7.05 Å². The van der Waals surface area contributed by atoms with Crippen LogP contribution in [0.2, 0.25) is 0 Å². The molecule has 0 saturated heterocycles. The van der Waals surface area contributed by atoms with Crippen molar-refractivity contribution in [3.8, 4) is 0 Å². The van der Waals surface area contributed by atoms with Gasteiger partial charge < -0.3 is 9.88 Å². The highest BCUT2D eigenvalue weighted by atomic mass is 79.9. The molecule has 0 radical (unpaired) electrons. The molecule has 1 amide bonds. The molecular weight excluding hydrogens is 342 g/mol. The number of nitro benzene ring substituents is 1. The van der Waals surface area contributed by atoms with Crippen molar-refractivity contribution in [3.63, 3.8) is 0 Å². The van der Waals surface area contributed by atoms with Gasteiger partial charge in [-0.3, -0.25) is 19.7 Å². The molecule has 0 atom stereocenters. The van der Waals surface area contributed by atoms with Crippen molar-refractivity contribution < 1.29 is 9.72 Å². The van der Waals surface area contributed by atoms with Crippen molar-refractivity contribution in [1.29, 1.82) is 0 Å². The maximum absolute atomic E-state index is 12.2. The van der Waals surface area contributed by atoms with Crippen LogP contribution in [0.25, 0.3) is 0 Å². The number of benzene rings is 1. The number of rotatable bonds is 3. The zero-order valence-corrected chi connectivity index (χ0v) is 12.5. The molecule has 0 spiro atoms. The number of nitrogens with zero attached hydrogens (tertiary/aromatic N) is 2. The average molecular weight is 352 g/mol. The summed E-state index contributed by atoms with van der Waals surface area (Å²) in [7, 11) is 1.56. The number of nitrogens with one attached hydrogen (secondary N) is 1. The number of aromatic nitrogens is 1. The first-order chi connectivity index (χ1) is 9.90. The lowest BCUT2D eigenvalue weighted by Crippen LogP contribution is -2.18. The minimum absolute atomic E-state index is 0.109. The van der Waals surface area contributed by atoms with Gasteiger partial charge in [-0.2, -0.15) is 0 Å². The van der Waals surface area contributed by atoms with Gasteiger partial charge in [0.2, 0.25) is 5.56 Å². The molecule has 0 aliphatic rings. The predicted molar refractivity (Wildman–Crippen MR) is 80.4 cm³/mol. The van der Waals surface area contributed by atoms with E-state index in [0.717, 1.165) is 0 Å². The predicted octanol–water partition coefficient (Wildman–Crippen LogP) is 2.31. The smallest absolute Gasteiger partial charge is 0.284 e. The van der Waals surface area contributed by atoms with Crippen molar-refractivity contribution in [3.05, 3.63) is 67.0 Å². The van der Waals surface area contributed by atoms with Crippen LogP contribution in [0.15, 0.2) is 45.8 Å². The Morgan fingerprint density at radius 2 is 2.05 bits per heavy atom. The number of hydrogen-bond donors (Lipinski definition) is 1. The molecule has 0 bridgehead atoms. The van der Waals surface area contributed by atoms with Crippen molar-refractivity contribution >= 4 is 33.2 Å². The molecule has 1 aromatic carbocycles. The molecule has 1 aromatic heterocycles. The Balaban J connectivity index is 2.32. The van der Waals surface area contributed by atoms with Crippen LogP contribution in [0.3, 0.4) is 0 Å². The fourth-order valence-electron chi connectivity index (χ4n) is 1.70. The van der Waals surface area contributed by atoms with Crippen LogP contribution in [0.4, 0.5) is 11.4 Å². The number of carbonyl (C=O) groups is 1. The Bertz CT molecular complexity index is 785. The van der Waals surface area contributed by atoms with E-state index < -0.39 is 10.8 Å². The molecule has 21 heavy (non-hydrogen) atoms. The highest BCUT2D eigenvalue weighted by Crippen LogP contribution is 2.28. The van der Waals surface area contributed by atoms with Gasteiger partial charge in [0.05, 0.1) is 16.2 Å². The van der Waals surface area contributed by atoms with Gasteiger partial charge in [0.1, 0.15) is 4.47 Å². The van der Waals surface area contributed by atoms with Gasteiger partial charge in [-0.15, -0.1) is 0 Å². The number of pyridine rings is 1. The molecule has 1 heterocycles. The quantitative estimate of drug-likeness (QED) is 0.677. The number of nitro groups is 1. The standard InChI is InChI=1S/C13H10BrN3O4/c1-16-7-8(5-6-11(16)18)15-13(19)9-3-2-4-10(12(9)14)17(20)21/h2-7H,1H3,(H,15,19). The SMILES string of the molecule is Cn1cc(NC(=O)c2cccc([N+](=O)[O-])c2Br)ccc1=O. The second kappa shape index (κ2) is 5.88. The third-order valence-electron chi connectivity index (χ3n) is 2.76. The number of amides is 1. The molecule has 7 nitrogen and oxygen atoms in total. The highest BCUT2D eigenvalue weighted by Gasteiger charge is 2.19. The molecule has 0 fully saturated rings. The molecule has 108 valence electrons. The van der Waals surface area contributed by atoms with Crippen LogP contribution in [0.1, 0.15) is 10.4 Å². The van der Waals surface area contributed by atoms with E-state index in [4.69, 9.17) is 0 Å². The van der Waals surface area contributed by atoms with Crippen molar-refractivity contribution in [1.82, 2.24) is 4.57 Å². The highest BCUT2D eigenvalue weighted by molar-refractivity contribution is 9.10. The first-order valence-corrected chi connectivity index (χ1v) is 6.60. The first kappa shape index (κ1) is 14.9. The van der Waals surface area contributed by atoms with E-state index in [1.165, 1.54) is 41.1 Å². The van der Waals surface area contributed by atoms with Gasteiger partial charge >= 0.3 is 0 Å². The summed E-state index contributed by atoms with van der Waals surface area (Å²) >= 11 is 3.06. The van der Waals surface area contributed by atoms with Crippen LogP contribution in [-0.2, 0) is 7.05 Å².